The zero-order chi connectivity index (χ0) is 37.8. The molecule has 3 aromatic rings. The Kier molecular flexibility index (Phi) is 11.7. The third-order valence-electron chi connectivity index (χ3n) is 11.5. The van der Waals surface area contributed by atoms with Crippen LogP contribution < -0.4 is 14.2 Å². The molecule has 0 spiro atoms. The summed E-state index contributed by atoms with van der Waals surface area (Å²) in [5, 5.41) is 12.4. The number of esters is 1. The molecule has 5 aliphatic rings. The van der Waals surface area contributed by atoms with E-state index in [-0.39, 0.29) is 34.5 Å². The summed E-state index contributed by atoms with van der Waals surface area (Å²) in [5.74, 6) is 3.79. The van der Waals surface area contributed by atoms with Crippen LogP contribution in [0.1, 0.15) is 48.5 Å². The van der Waals surface area contributed by atoms with Crippen LogP contribution in [-0.4, -0.2) is 81.3 Å². The van der Waals surface area contributed by atoms with Crippen LogP contribution in [-0.2, 0) is 30.9 Å². The normalized spacial score (nSPS) is 23.9. The number of carbonyl (C=O) groups is 1. The summed E-state index contributed by atoms with van der Waals surface area (Å²) < 4.78 is 24.5. The molecule has 1 aliphatic carbocycles. The number of rotatable bonds is 12. The number of ether oxygens (including phenoxy) is 4. The number of carbonyl (C=O) groups excluding carboxylic acids is 2. The molecule has 1 unspecified atom stereocenters. The summed E-state index contributed by atoms with van der Waals surface area (Å²) in [7, 11) is 3.11. The van der Waals surface area contributed by atoms with Gasteiger partial charge in [0.15, 0.2) is 23.9 Å². The molecule has 0 N–H and O–H groups in total. The molecule has 0 radical (unpaired) electrons. The van der Waals surface area contributed by atoms with Crippen molar-refractivity contribution in [1.29, 1.82) is 0 Å². The lowest BCUT2D eigenvalue weighted by atomic mass is 9.72. The lowest BCUT2D eigenvalue weighted by molar-refractivity contribution is -0.605. The van der Waals surface area contributed by atoms with Gasteiger partial charge in [-0.25, -0.2) is 4.79 Å². The Morgan fingerprint density at radius 3 is 2.33 bits per heavy atom. The molecule has 5 heterocycles. The number of nitrogens with zero attached hydrogens (tertiary/aromatic N) is 3. The van der Waals surface area contributed by atoms with Gasteiger partial charge in [-0.3, -0.25) is 9.69 Å². The molecule has 3 atom stereocenters. The number of hydrogen-bond donors (Lipinski definition) is 0. The second kappa shape index (κ2) is 16.6. The summed E-state index contributed by atoms with van der Waals surface area (Å²) in [6.45, 7) is 4.95. The van der Waals surface area contributed by atoms with Gasteiger partial charge in [0.1, 0.15) is 34.0 Å². The summed E-state index contributed by atoms with van der Waals surface area (Å²) in [6, 6.07) is 15.5. The number of allylic oxidation sites excluding steroid dienone is 2. The highest BCUT2D eigenvalue weighted by Gasteiger charge is 2.47. The molecule has 4 fully saturated rings. The summed E-state index contributed by atoms with van der Waals surface area (Å²) in [6.07, 6.45) is 11.0. The van der Waals surface area contributed by atoms with Crippen molar-refractivity contribution in [2.24, 2.45) is 11.8 Å². The predicted molar refractivity (Wildman–Crippen MR) is 205 cm³/mol. The highest BCUT2D eigenvalue weighted by molar-refractivity contribution is 6.35. The summed E-state index contributed by atoms with van der Waals surface area (Å²) in [5.41, 5.74) is 2.03. The molecule has 4 saturated heterocycles. The smallest absolute Gasteiger partial charge is 0.316 e. The number of methoxy groups -OCH3 is 2. The maximum atomic E-state index is 14.1. The lowest BCUT2D eigenvalue weighted by Gasteiger charge is -2.46. The topological polar surface area (TPSA) is 104 Å². The molecular formula is C42H45Cl2N3O7. The van der Waals surface area contributed by atoms with Crippen molar-refractivity contribution in [3.63, 3.8) is 0 Å². The van der Waals surface area contributed by atoms with Gasteiger partial charge < -0.3 is 29.1 Å². The summed E-state index contributed by atoms with van der Waals surface area (Å²) >= 11 is 13.0. The van der Waals surface area contributed by atoms with Gasteiger partial charge in [0.05, 0.1) is 19.6 Å². The van der Waals surface area contributed by atoms with Crippen molar-refractivity contribution in [2.75, 3.05) is 53.5 Å². The number of benzene rings is 2. The monoisotopic (exact) mass is 773 g/mol. The molecule has 1 aromatic heterocycles. The predicted octanol–water partition coefficient (Wildman–Crippen LogP) is 6.44. The van der Waals surface area contributed by atoms with E-state index in [1.807, 2.05) is 54.6 Å². The van der Waals surface area contributed by atoms with E-state index in [2.05, 4.69) is 15.7 Å². The van der Waals surface area contributed by atoms with Gasteiger partial charge in [0, 0.05) is 36.6 Å². The second-order valence-electron chi connectivity index (χ2n) is 14.6. The first-order valence-electron chi connectivity index (χ1n) is 18.5. The zero-order valence-electron chi connectivity index (χ0n) is 30.5. The van der Waals surface area contributed by atoms with Crippen LogP contribution in [0, 0.1) is 17.0 Å². The van der Waals surface area contributed by atoms with E-state index in [0.29, 0.717) is 71.5 Å². The average molecular weight is 775 g/mol. The number of fused-ring (bicyclic) bond motifs is 3. The largest absolute Gasteiger partial charge is 0.619 e. The standard InChI is InChI=1S/C42H45Cl2N3O7/c1-51-37-11-9-29(21-39(37)52-2)38(22-34-35(43)24-47(50)25-36(34)44)53-33-10-8-30(31(20-33)27-48)23-46-18-14-42(15-19-46,32-6-4-3-5-7-32)41(49)54-40-26-45-16-12-28(40)13-17-45/h3-11,20-21,24-25,28,30,38,40H,12-19,22-23,26H2,1-2H3/t30?,38-,40-/m0/s1. The van der Waals surface area contributed by atoms with E-state index in [4.69, 9.17) is 42.1 Å². The molecule has 12 heteroatoms. The fourth-order valence-corrected chi connectivity index (χ4v) is 8.97. The van der Waals surface area contributed by atoms with E-state index in [1.165, 1.54) is 12.4 Å². The van der Waals surface area contributed by atoms with Crippen molar-refractivity contribution in [3.8, 4) is 11.5 Å². The third-order valence-corrected chi connectivity index (χ3v) is 12.2. The van der Waals surface area contributed by atoms with E-state index >= 15 is 0 Å². The number of pyridine rings is 1. The molecule has 4 aliphatic heterocycles. The van der Waals surface area contributed by atoms with Gasteiger partial charge in [0.2, 0.25) is 0 Å². The van der Waals surface area contributed by atoms with Crippen molar-refractivity contribution in [1.82, 2.24) is 9.80 Å². The molecular weight excluding hydrogens is 729 g/mol. The van der Waals surface area contributed by atoms with Crippen molar-refractivity contribution >= 4 is 35.1 Å². The van der Waals surface area contributed by atoms with Crippen LogP contribution in [0.4, 0.5) is 0 Å². The minimum atomic E-state index is -0.714. The third kappa shape index (κ3) is 8.04. The molecule has 2 aromatic carbocycles. The van der Waals surface area contributed by atoms with Crippen LogP contribution in [0.15, 0.2) is 90.5 Å². The fraction of sp³-hybridized carbons (Fsp3) is 0.429. The minimum Gasteiger partial charge on any atom is -0.619 e. The number of halogens is 2. The van der Waals surface area contributed by atoms with Gasteiger partial charge in [-0.1, -0.05) is 65.7 Å². The maximum Gasteiger partial charge on any atom is 0.316 e. The van der Waals surface area contributed by atoms with Crippen LogP contribution in [0.2, 0.25) is 10.0 Å². The van der Waals surface area contributed by atoms with Gasteiger partial charge >= 0.3 is 5.97 Å². The minimum absolute atomic E-state index is 0.0489. The Bertz CT molecular complexity index is 1920. The number of piperidine rings is 4. The van der Waals surface area contributed by atoms with E-state index < -0.39 is 11.5 Å². The molecule has 8 rings (SSSR count). The molecule has 0 amide bonds. The Morgan fingerprint density at radius 2 is 1.70 bits per heavy atom. The van der Waals surface area contributed by atoms with Gasteiger partial charge in [-0.15, -0.1) is 0 Å². The van der Waals surface area contributed by atoms with Crippen molar-refractivity contribution in [2.45, 2.75) is 49.7 Å². The van der Waals surface area contributed by atoms with E-state index in [1.54, 1.807) is 26.4 Å². The Balaban J connectivity index is 1.05. The molecule has 54 heavy (non-hydrogen) atoms. The average Bonchev–Trinajstić information content (AvgIpc) is 3.20. The molecule has 0 saturated carbocycles. The van der Waals surface area contributed by atoms with Crippen LogP contribution >= 0.6 is 23.2 Å². The van der Waals surface area contributed by atoms with Crippen LogP contribution in [0.25, 0.3) is 0 Å². The molecule has 10 nitrogen and oxygen atoms in total. The first-order chi connectivity index (χ1) is 26.2. The number of likely N-dealkylation sites (tertiary alicyclic amines) is 1. The highest BCUT2D eigenvalue weighted by atomic mass is 35.5. The zero-order valence-corrected chi connectivity index (χ0v) is 32.1. The maximum absolute atomic E-state index is 14.1. The fourth-order valence-electron chi connectivity index (χ4n) is 8.37. The SMILES string of the molecule is COc1ccc([C@H](Cc2c(Cl)c[n+]([O-])cc2Cl)OC2=CC(=C=O)C(CN3CCC(C(=O)O[C@H]4CN5CCC4CC5)(c4ccccc4)CC3)C=C2)cc1OC. The first kappa shape index (κ1) is 38.0. The molecule has 284 valence electrons. The Morgan fingerprint density at radius 1 is 1.00 bits per heavy atom. The number of hydrogen-bond acceptors (Lipinski definition) is 9. The van der Waals surface area contributed by atoms with Crippen molar-refractivity contribution < 1.29 is 33.3 Å². The van der Waals surface area contributed by atoms with Crippen molar-refractivity contribution in [3.05, 3.63) is 122 Å². The Labute approximate surface area is 326 Å². The lowest BCUT2D eigenvalue weighted by Crippen LogP contribution is -2.55. The molecule has 2 bridgehead atoms. The van der Waals surface area contributed by atoms with Gasteiger partial charge in [0.25, 0.3) is 0 Å². The van der Waals surface area contributed by atoms with E-state index in [0.717, 1.165) is 43.6 Å². The summed E-state index contributed by atoms with van der Waals surface area (Å²) in [4.78, 5) is 31.3. The van der Waals surface area contributed by atoms with Crippen LogP contribution in [0.5, 0.6) is 11.5 Å². The van der Waals surface area contributed by atoms with Gasteiger partial charge in [-0.2, -0.15) is 4.73 Å². The quantitative estimate of drug-likeness (QED) is 0.0890. The van der Waals surface area contributed by atoms with Crippen LogP contribution in [0.3, 0.4) is 0 Å². The second-order valence-corrected chi connectivity index (χ2v) is 15.4. The first-order valence-corrected chi connectivity index (χ1v) is 19.3. The van der Waals surface area contributed by atoms with E-state index in [9.17, 15) is 14.8 Å². The number of aromatic nitrogens is 1. The Hall–Kier alpha value is -4.31. The van der Waals surface area contributed by atoms with Gasteiger partial charge in [-0.05, 0) is 93.2 Å². The highest BCUT2D eigenvalue weighted by Crippen LogP contribution is 2.41.